The molecule has 0 unspecified atom stereocenters. The molecule has 3 aromatic carbocycles. The molecule has 0 atom stereocenters. The number of methoxy groups -OCH3 is 3. The Kier molecular flexibility index (Phi) is 6.37. The molecule has 0 spiro atoms. The van der Waals surface area contributed by atoms with Crippen molar-refractivity contribution in [2.45, 2.75) is 0 Å². The van der Waals surface area contributed by atoms with E-state index in [2.05, 4.69) is 5.32 Å². The number of ether oxygens (including phenoxy) is 3. The molecule has 1 aromatic heterocycles. The van der Waals surface area contributed by atoms with Gasteiger partial charge in [0.2, 0.25) is 5.75 Å². The highest BCUT2D eigenvalue weighted by Crippen LogP contribution is 2.40. The van der Waals surface area contributed by atoms with E-state index in [0.717, 1.165) is 21.7 Å². The quantitative estimate of drug-likeness (QED) is 0.391. The second-order valence-electron chi connectivity index (χ2n) is 6.80. The van der Waals surface area contributed by atoms with Gasteiger partial charge in [-0.2, -0.15) is 0 Å². The van der Waals surface area contributed by atoms with Gasteiger partial charge in [0, 0.05) is 11.1 Å². The molecule has 0 radical (unpaired) electrons. The minimum atomic E-state index is -0.322. The van der Waals surface area contributed by atoms with Crippen molar-refractivity contribution in [1.82, 2.24) is 4.98 Å². The Morgan fingerprint density at radius 1 is 0.812 bits per heavy atom. The molecule has 4 rings (SSSR count). The average molecular weight is 447 g/mol. The summed E-state index contributed by atoms with van der Waals surface area (Å²) in [4.78, 5) is 18.8. The SMILES string of the molecule is COc1cc(C(=O)Nc2nc(-c3ccccc3)c(-c3ccccc3)s2)cc(OC)c1OC. The van der Waals surface area contributed by atoms with Gasteiger partial charge < -0.3 is 14.2 Å². The molecule has 0 aliphatic carbocycles. The van der Waals surface area contributed by atoms with Gasteiger partial charge in [-0.25, -0.2) is 4.98 Å². The van der Waals surface area contributed by atoms with Crippen molar-refractivity contribution in [3.63, 3.8) is 0 Å². The zero-order valence-corrected chi connectivity index (χ0v) is 18.7. The van der Waals surface area contributed by atoms with Gasteiger partial charge in [0.1, 0.15) is 0 Å². The molecular formula is C25H22N2O4S. The minimum absolute atomic E-state index is 0.322. The Morgan fingerprint density at radius 3 is 1.91 bits per heavy atom. The summed E-state index contributed by atoms with van der Waals surface area (Å²) < 4.78 is 16.1. The molecule has 6 nitrogen and oxygen atoms in total. The monoisotopic (exact) mass is 446 g/mol. The number of anilines is 1. The molecule has 162 valence electrons. The molecule has 0 aliphatic heterocycles. The van der Waals surface area contributed by atoms with Crippen molar-refractivity contribution in [2.75, 3.05) is 26.6 Å². The Morgan fingerprint density at radius 2 is 1.38 bits per heavy atom. The average Bonchev–Trinajstić information content (AvgIpc) is 3.27. The molecule has 0 aliphatic rings. The number of nitrogens with zero attached hydrogens (tertiary/aromatic N) is 1. The van der Waals surface area contributed by atoms with E-state index in [1.807, 2.05) is 60.7 Å². The lowest BCUT2D eigenvalue weighted by molar-refractivity contribution is 0.102. The fourth-order valence-electron chi connectivity index (χ4n) is 3.33. The highest BCUT2D eigenvalue weighted by Gasteiger charge is 2.20. The number of hydrogen-bond acceptors (Lipinski definition) is 6. The summed E-state index contributed by atoms with van der Waals surface area (Å²) in [6.45, 7) is 0. The van der Waals surface area contributed by atoms with E-state index in [1.165, 1.54) is 32.7 Å². The van der Waals surface area contributed by atoms with Crippen LogP contribution in [0.4, 0.5) is 5.13 Å². The fraction of sp³-hybridized carbons (Fsp3) is 0.120. The Bertz CT molecular complexity index is 1140. The first-order chi connectivity index (χ1) is 15.6. The van der Waals surface area contributed by atoms with Crippen LogP contribution in [0.15, 0.2) is 72.8 Å². The fourth-order valence-corrected chi connectivity index (χ4v) is 4.32. The first-order valence-electron chi connectivity index (χ1n) is 9.87. The summed E-state index contributed by atoms with van der Waals surface area (Å²) in [5.74, 6) is 0.924. The third-order valence-corrected chi connectivity index (χ3v) is 5.88. The van der Waals surface area contributed by atoms with Crippen LogP contribution in [0.25, 0.3) is 21.7 Å². The maximum Gasteiger partial charge on any atom is 0.257 e. The third kappa shape index (κ3) is 4.29. The molecule has 0 saturated carbocycles. The summed E-state index contributed by atoms with van der Waals surface area (Å²) >= 11 is 1.43. The topological polar surface area (TPSA) is 69.7 Å². The smallest absolute Gasteiger partial charge is 0.257 e. The summed E-state index contributed by atoms with van der Waals surface area (Å²) in [6.07, 6.45) is 0. The van der Waals surface area contributed by atoms with Crippen molar-refractivity contribution < 1.29 is 19.0 Å². The number of rotatable bonds is 7. The van der Waals surface area contributed by atoms with Crippen molar-refractivity contribution in [1.29, 1.82) is 0 Å². The number of amides is 1. The number of aromatic nitrogens is 1. The van der Waals surface area contributed by atoms with Gasteiger partial charge in [0.15, 0.2) is 16.6 Å². The molecule has 1 heterocycles. The van der Waals surface area contributed by atoms with Crippen LogP contribution in [-0.2, 0) is 0 Å². The minimum Gasteiger partial charge on any atom is -0.493 e. The maximum absolute atomic E-state index is 13.0. The van der Waals surface area contributed by atoms with Crippen molar-refractivity contribution in [3.05, 3.63) is 78.4 Å². The first-order valence-corrected chi connectivity index (χ1v) is 10.7. The molecule has 1 amide bonds. The number of nitrogens with one attached hydrogen (secondary N) is 1. The van der Waals surface area contributed by atoms with Crippen LogP contribution >= 0.6 is 11.3 Å². The van der Waals surface area contributed by atoms with Gasteiger partial charge in [-0.1, -0.05) is 72.0 Å². The lowest BCUT2D eigenvalue weighted by atomic mass is 10.1. The first kappa shape index (κ1) is 21.4. The van der Waals surface area contributed by atoms with E-state index in [4.69, 9.17) is 19.2 Å². The Hall–Kier alpha value is -3.84. The lowest BCUT2D eigenvalue weighted by Gasteiger charge is -2.13. The summed E-state index contributed by atoms with van der Waals surface area (Å²) in [7, 11) is 4.54. The summed E-state index contributed by atoms with van der Waals surface area (Å²) in [5, 5.41) is 3.42. The Labute approximate surface area is 190 Å². The number of carbonyl (C=O) groups is 1. The largest absolute Gasteiger partial charge is 0.493 e. The molecule has 0 saturated heterocycles. The molecule has 0 bridgehead atoms. The summed E-state index contributed by atoms with van der Waals surface area (Å²) in [5.41, 5.74) is 3.22. The molecule has 7 heteroatoms. The van der Waals surface area contributed by atoms with Crippen LogP contribution in [0.5, 0.6) is 17.2 Å². The van der Waals surface area contributed by atoms with Crippen LogP contribution in [-0.4, -0.2) is 32.2 Å². The van der Waals surface area contributed by atoms with Gasteiger partial charge in [0.05, 0.1) is 31.9 Å². The molecule has 0 fully saturated rings. The second kappa shape index (κ2) is 9.53. The molecule has 1 N–H and O–H groups in total. The van der Waals surface area contributed by atoms with E-state index in [9.17, 15) is 4.79 Å². The standard InChI is InChI=1S/C25H22N2O4S/c1-29-19-14-18(15-20(30-2)22(19)31-3)24(28)27-25-26-21(16-10-6-4-7-11-16)23(32-25)17-12-8-5-9-13-17/h4-15H,1-3H3,(H,26,27,28). The zero-order valence-electron chi connectivity index (χ0n) is 17.9. The van der Waals surface area contributed by atoms with Crippen molar-refractivity contribution in [2.24, 2.45) is 0 Å². The lowest BCUT2D eigenvalue weighted by Crippen LogP contribution is -2.12. The number of benzene rings is 3. The van der Waals surface area contributed by atoms with E-state index < -0.39 is 0 Å². The van der Waals surface area contributed by atoms with Gasteiger partial charge >= 0.3 is 0 Å². The number of carbonyl (C=O) groups excluding carboxylic acids is 1. The van der Waals surface area contributed by atoms with Gasteiger partial charge in [0.25, 0.3) is 5.91 Å². The Balaban J connectivity index is 1.71. The summed E-state index contributed by atoms with van der Waals surface area (Å²) in [6, 6.07) is 23.1. The van der Waals surface area contributed by atoms with Gasteiger partial charge in [-0.15, -0.1) is 0 Å². The van der Waals surface area contributed by atoms with Crippen LogP contribution in [0.3, 0.4) is 0 Å². The normalized spacial score (nSPS) is 10.5. The van der Waals surface area contributed by atoms with E-state index in [0.29, 0.717) is 27.9 Å². The van der Waals surface area contributed by atoms with Gasteiger partial charge in [-0.05, 0) is 17.7 Å². The van der Waals surface area contributed by atoms with E-state index in [-0.39, 0.29) is 5.91 Å². The van der Waals surface area contributed by atoms with Crippen LogP contribution in [0.1, 0.15) is 10.4 Å². The molecule has 4 aromatic rings. The third-order valence-electron chi connectivity index (χ3n) is 4.86. The predicted molar refractivity (Wildman–Crippen MR) is 127 cm³/mol. The predicted octanol–water partition coefficient (Wildman–Crippen LogP) is 5.76. The van der Waals surface area contributed by atoms with Crippen LogP contribution in [0, 0.1) is 0 Å². The molecule has 32 heavy (non-hydrogen) atoms. The number of thiazole rings is 1. The van der Waals surface area contributed by atoms with Crippen LogP contribution in [0.2, 0.25) is 0 Å². The second-order valence-corrected chi connectivity index (χ2v) is 7.80. The van der Waals surface area contributed by atoms with Crippen LogP contribution < -0.4 is 19.5 Å². The van der Waals surface area contributed by atoms with E-state index >= 15 is 0 Å². The van der Waals surface area contributed by atoms with Crippen molar-refractivity contribution >= 4 is 22.4 Å². The van der Waals surface area contributed by atoms with Crippen molar-refractivity contribution in [3.8, 4) is 38.9 Å². The highest BCUT2D eigenvalue weighted by atomic mass is 32.1. The highest BCUT2D eigenvalue weighted by molar-refractivity contribution is 7.19. The van der Waals surface area contributed by atoms with Gasteiger partial charge in [-0.3, -0.25) is 10.1 Å². The number of hydrogen-bond donors (Lipinski definition) is 1. The molecular weight excluding hydrogens is 424 g/mol. The van der Waals surface area contributed by atoms with E-state index in [1.54, 1.807) is 12.1 Å². The zero-order chi connectivity index (χ0) is 22.5. The maximum atomic E-state index is 13.0.